The van der Waals surface area contributed by atoms with Gasteiger partial charge in [0.1, 0.15) is 12.2 Å². The molecule has 4 nitrogen and oxygen atoms in total. The lowest BCUT2D eigenvalue weighted by Gasteiger charge is -2.35. The molecule has 102 valence electrons. The Bertz CT molecular complexity index is 372. The van der Waals surface area contributed by atoms with Crippen LogP contribution in [0.25, 0.3) is 0 Å². The van der Waals surface area contributed by atoms with Gasteiger partial charge in [-0.15, -0.1) is 0 Å². The van der Waals surface area contributed by atoms with Crippen molar-refractivity contribution in [3.8, 4) is 0 Å². The Morgan fingerprint density at radius 2 is 2.17 bits per heavy atom. The van der Waals surface area contributed by atoms with Gasteiger partial charge < -0.3 is 4.74 Å². The standard InChI is InChI=1S/C13H22BrN3O/c1-11(2)8-17-12(15-10-16-17)7-13(9-14)3-5-18-6-4-13/h10-11H,3-9H2,1-2H3. The molecule has 1 saturated heterocycles. The van der Waals surface area contributed by atoms with E-state index in [9.17, 15) is 0 Å². The van der Waals surface area contributed by atoms with Crippen molar-refractivity contribution in [2.45, 2.75) is 39.7 Å². The molecule has 5 heteroatoms. The fraction of sp³-hybridized carbons (Fsp3) is 0.846. The van der Waals surface area contributed by atoms with Crippen molar-refractivity contribution in [1.29, 1.82) is 0 Å². The van der Waals surface area contributed by atoms with Gasteiger partial charge in [-0.25, -0.2) is 9.67 Å². The number of alkyl halides is 1. The molecule has 0 unspecified atom stereocenters. The average molecular weight is 316 g/mol. The first-order chi connectivity index (χ1) is 8.65. The zero-order valence-electron chi connectivity index (χ0n) is 11.2. The van der Waals surface area contributed by atoms with Gasteiger partial charge in [0.25, 0.3) is 0 Å². The third-order valence-electron chi connectivity index (χ3n) is 3.60. The van der Waals surface area contributed by atoms with Crippen LogP contribution >= 0.6 is 15.9 Å². The molecular formula is C13H22BrN3O. The predicted octanol–water partition coefficient (Wildman–Crippen LogP) is 2.67. The number of hydrogen-bond donors (Lipinski definition) is 0. The maximum Gasteiger partial charge on any atom is 0.138 e. The van der Waals surface area contributed by atoms with Crippen molar-refractivity contribution in [2.24, 2.45) is 11.3 Å². The van der Waals surface area contributed by atoms with Gasteiger partial charge in [-0.05, 0) is 24.2 Å². The Morgan fingerprint density at radius 3 is 2.78 bits per heavy atom. The van der Waals surface area contributed by atoms with E-state index in [1.807, 2.05) is 0 Å². The van der Waals surface area contributed by atoms with E-state index in [-0.39, 0.29) is 0 Å². The first kappa shape index (κ1) is 14.0. The molecule has 1 aliphatic rings. The van der Waals surface area contributed by atoms with Crippen molar-refractivity contribution < 1.29 is 4.74 Å². The van der Waals surface area contributed by atoms with Crippen LogP contribution < -0.4 is 0 Å². The van der Waals surface area contributed by atoms with Crippen LogP contribution in [0.1, 0.15) is 32.5 Å². The molecule has 1 aliphatic heterocycles. The van der Waals surface area contributed by atoms with Crippen LogP contribution in [0.2, 0.25) is 0 Å². The molecule has 2 heterocycles. The molecule has 0 amide bonds. The van der Waals surface area contributed by atoms with E-state index in [0.29, 0.717) is 11.3 Å². The second-order valence-electron chi connectivity index (χ2n) is 5.68. The molecule has 0 N–H and O–H groups in total. The minimum absolute atomic E-state index is 0.292. The van der Waals surface area contributed by atoms with Gasteiger partial charge in [0, 0.05) is 31.5 Å². The van der Waals surface area contributed by atoms with E-state index >= 15 is 0 Å². The molecule has 0 spiro atoms. The number of ether oxygens (including phenoxy) is 1. The van der Waals surface area contributed by atoms with E-state index in [4.69, 9.17) is 4.74 Å². The lowest BCUT2D eigenvalue weighted by atomic mass is 9.79. The lowest BCUT2D eigenvalue weighted by Crippen LogP contribution is -2.34. The van der Waals surface area contributed by atoms with Crippen molar-refractivity contribution in [3.05, 3.63) is 12.2 Å². The fourth-order valence-corrected chi connectivity index (χ4v) is 3.18. The first-order valence-electron chi connectivity index (χ1n) is 6.66. The van der Waals surface area contributed by atoms with E-state index < -0.39 is 0 Å². The molecule has 1 aromatic rings. The summed E-state index contributed by atoms with van der Waals surface area (Å²) in [7, 11) is 0. The quantitative estimate of drug-likeness (QED) is 0.784. The largest absolute Gasteiger partial charge is 0.381 e. The van der Waals surface area contributed by atoms with E-state index in [1.54, 1.807) is 6.33 Å². The summed E-state index contributed by atoms with van der Waals surface area (Å²) in [5, 5.41) is 5.36. The van der Waals surface area contributed by atoms with Crippen molar-refractivity contribution in [2.75, 3.05) is 18.5 Å². The first-order valence-corrected chi connectivity index (χ1v) is 7.78. The Kier molecular flexibility index (Phi) is 4.78. The molecule has 18 heavy (non-hydrogen) atoms. The van der Waals surface area contributed by atoms with Gasteiger partial charge in [0.05, 0.1) is 0 Å². The Balaban J connectivity index is 2.09. The molecule has 2 rings (SSSR count). The summed E-state index contributed by atoms with van der Waals surface area (Å²) in [6.07, 6.45) is 4.88. The Morgan fingerprint density at radius 1 is 1.44 bits per heavy atom. The summed E-state index contributed by atoms with van der Waals surface area (Å²) in [5.41, 5.74) is 0.292. The summed E-state index contributed by atoms with van der Waals surface area (Å²) in [5.74, 6) is 1.71. The van der Waals surface area contributed by atoms with Crippen LogP contribution in [0.15, 0.2) is 6.33 Å². The molecule has 0 atom stereocenters. The summed E-state index contributed by atoms with van der Waals surface area (Å²) >= 11 is 3.68. The fourth-order valence-electron chi connectivity index (χ4n) is 2.42. The predicted molar refractivity (Wildman–Crippen MR) is 74.8 cm³/mol. The van der Waals surface area contributed by atoms with Crippen molar-refractivity contribution in [1.82, 2.24) is 14.8 Å². The SMILES string of the molecule is CC(C)Cn1ncnc1CC1(CBr)CCOCC1. The van der Waals surface area contributed by atoms with Gasteiger partial charge in [0.2, 0.25) is 0 Å². The molecule has 0 aromatic carbocycles. The number of rotatable bonds is 5. The van der Waals surface area contributed by atoms with Crippen molar-refractivity contribution in [3.63, 3.8) is 0 Å². The molecule has 1 fully saturated rings. The van der Waals surface area contributed by atoms with Gasteiger partial charge in [-0.2, -0.15) is 5.10 Å². The maximum absolute atomic E-state index is 5.48. The van der Waals surface area contributed by atoms with Gasteiger partial charge >= 0.3 is 0 Å². The van der Waals surface area contributed by atoms with E-state index in [0.717, 1.165) is 50.2 Å². The van der Waals surface area contributed by atoms with Crippen LogP contribution in [0.3, 0.4) is 0 Å². The molecule has 0 bridgehead atoms. The van der Waals surface area contributed by atoms with Crippen LogP contribution in [0.4, 0.5) is 0 Å². The van der Waals surface area contributed by atoms with E-state index in [2.05, 4.69) is 44.5 Å². The summed E-state index contributed by atoms with van der Waals surface area (Å²) in [4.78, 5) is 4.45. The zero-order chi connectivity index (χ0) is 13.0. The Hall–Kier alpha value is -0.420. The average Bonchev–Trinajstić information content (AvgIpc) is 2.77. The third kappa shape index (κ3) is 3.32. The summed E-state index contributed by atoms with van der Waals surface area (Å²) in [6.45, 7) is 7.10. The molecular weight excluding hydrogens is 294 g/mol. The third-order valence-corrected chi connectivity index (χ3v) is 4.79. The van der Waals surface area contributed by atoms with Crippen molar-refractivity contribution >= 4 is 15.9 Å². The number of hydrogen-bond acceptors (Lipinski definition) is 3. The smallest absolute Gasteiger partial charge is 0.138 e. The molecule has 1 aromatic heterocycles. The topological polar surface area (TPSA) is 39.9 Å². The van der Waals surface area contributed by atoms with Gasteiger partial charge in [-0.1, -0.05) is 29.8 Å². The molecule has 0 aliphatic carbocycles. The number of halogens is 1. The monoisotopic (exact) mass is 315 g/mol. The minimum Gasteiger partial charge on any atom is -0.381 e. The van der Waals surface area contributed by atoms with Crippen LogP contribution in [-0.2, 0) is 17.7 Å². The highest BCUT2D eigenvalue weighted by molar-refractivity contribution is 9.09. The summed E-state index contributed by atoms with van der Waals surface area (Å²) < 4.78 is 7.54. The maximum atomic E-state index is 5.48. The highest BCUT2D eigenvalue weighted by Crippen LogP contribution is 2.35. The second-order valence-corrected chi connectivity index (χ2v) is 6.24. The normalized spacial score (nSPS) is 19.3. The summed E-state index contributed by atoms with van der Waals surface area (Å²) in [6, 6.07) is 0. The Labute approximate surface area is 117 Å². The van der Waals surface area contributed by atoms with Gasteiger partial charge in [-0.3, -0.25) is 0 Å². The van der Waals surface area contributed by atoms with Crippen LogP contribution in [0, 0.1) is 11.3 Å². The highest BCUT2D eigenvalue weighted by atomic mass is 79.9. The number of nitrogens with zero attached hydrogens (tertiary/aromatic N) is 3. The number of aromatic nitrogens is 3. The lowest BCUT2D eigenvalue weighted by molar-refractivity contribution is 0.0255. The second kappa shape index (κ2) is 6.15. The minimum atomic E-state index is 0.292. The van der Waals surface area contributed by atoms with E-state index in [1.165, 1.54) is 0 Å². The van der Waals surface area contributed by atoms with Crippen LogP contribution in [-0.4, -0.2) is 33.3 Å². The van der Waals surface area contributed by atoms with Crippen LogP contribution in [0.5, 0.6) is 0 Å². The molecule has 0 saturated carbocycles. The van der Waals surface area contributed by atoms with Gasteiger partial charge in [0.15, 0.2) is 0 Å². The molecule has 0 radical (unpaired) electrons. The highest BCUT2D eigenvalue weighted by Gasteiger charge is 2.33. The zero-order valence-corrected chi connectivity index (χ0v) is 12.8.